The van der Waals surface area contributed by atoms with Crippen LogP contribution < -0.4 is 5.32 Å². The Morgan fingerprint density at radius 3 is 3.12 bits per heavy atom. The van der Waals surface area contributed by atoms with Crippen molar-refractivity contribution in [3.63, 3.8) is 0 Å². The van der Waals surface area contributed by atoms with Crippen LogP contribution in [0.2, 0.25) is 0 Å². The molecule has 16 heavy (non-hydrogen) atoms. The standard InChI is InChI=1S/C11H12N2O2S/c1-2-7-16-8-6-12-10-5-3-4-9(13-10)11(14)15/h1,3-5H,6-8H2,(H,12,13)(H,14,15). The van der Waals surface area contributed by atoms with Gasteiger partial charge in [-0.1, -0.05) is 12.0 Å². The third kappa shape index (κ3) is 4.24. The van der Waals surface area contributed by atoms with E-state index in [2.05, 4.69) is 16.2 Å². The smallest absolute Gasteiger partial charge is 0.354 e. The first-order chi connectivity index (χ1) is 7.74. The van der Waals surface area contributed by atoms with Crippen LogP contribution in [0.3, 0.4) is 0 Å². The number of hydrogen-bond acceptors (Lipinski definition) is 4. The molecule has 0 saturated heterocycles. The van der Waals surface area contributed by atoms with Gasteiger partial charge >= 0.3 is 5.97 Å². The molecular weight excluding hydrogens is 224 g/mol. The van der Waals surface area contributed by atoms with Crippen LogP contribution in [-0.4, -0.2) is 34.1 Å². The molecule has 84 valence electrons. The Hall–Kier alpha value is -1.67. The average Bonchev–Trinajstić information content (AvgIpc) is 2.29. The second-order valence-corrected chi connectivity index (χ2v) is 4.00. The van der Waals surface area contributed by atoms with Crippen LogP contribution in [0, 0.1) is 12.3 Å². The highest BCUT2D eigenvalue weighted by atomic mass is 32.2. The minimum absolute atomic E-state index is 0.0428. The summed E-state index contributed by atoms with van der Waals surface area (Å²) >= 11 is 1.64. The van der Waals surface area contributed by atoms with E-state index in [0.29, 0.717) is 18.1 Å². The lowest BCUT2D eigenvalue weighted by atomic mass is 10.3. The number of pyridine rings is 1. The molecule has 0 radical (unpaired) electrons. The van der Waals surface area contributed by atoms with E-state index in [1.165, 1.54) is 6.07 Å². The van der Waals surface area contributed by atoms with E-state index in [9.17, 15) is 4.79 Å². The molecule has 4 nitrogen and oxygen atoms in total. The molecule has 1 heterocycles. The highest BCUT2D eigenvalue weighted by Crippen LogP contribution is 2.05. The lowest BCUT2D eigenvalue weighted by Crippen LogP contribution is -2.08. The number of anilines is 1. The minimum Gasteiger partial charge on any atom is -0.477 e. The van der Waals surface area contributed by atoms with Crippen molar-refractivity contribution < 1.29 is 9.90 Å². The van der Waals surface area contributed by atoms with Gasteiger partial charge in [-0.05, 0) is 12.1 Å². The van der Waals surface area contributed by atoms with Crippen LogP contribution in [0.4, 0.5) is 5.82 Å². The van der Waals surface area contributed by atoms with Crippen molar-refractivity contribution in [3.05, 3.63) is 23.9 Å². The molecule has 0 spiro atoms. The quantitative estimate of drug-likeness (QED) is 0.579. The van der Waals surface area contributed by atoms with Crippen molar-refractivity contribution in [2.45, 2.75) is 0 Å². The van der Waals surface area contributed by atoms with Gasteiger partial charge in [0.1, 0.15) is 5.82 Å². The molecule has 0 fully saturated rings. The van der Waals surface area contributed by atoms with E-state index in [1.54, 1.807) is 23.9 Å². The van der Waals surface area contributed by atoms with Crippen molar-refractivity contribution in [2.75, 3.05) is 23.4 Å². The second kappa shape index (κ2) is 6.75. The molecule has 0 aromatic carbocycles. The van der Waals surface area contributed by atoms with Gasteiger partial charge < -0.3 is 10.4 Å². The Balaban J connectivity index is 2.39. The topological polar surface area (TPSA) is 62.2 Å². The monoisotopic (exact) mass is 236 g/mol. The fraction of sp³-hybridized carbons (Fsp3) is 0.273. The molecule has 2 N–H and O–H groups in total. The maximum Gasteiger partial charge on any atom is 0.354 e. The Labute approximate surface area is 98.5 Å². The fourth-order valence-electron chi connectivity index (χ4n) is 1.03. The maximum atomic E-state index is 10.7. The molecule has 0 aliphatic carbocycles. The van der Waals surface area contributed by atoms with Gasteiger partial charge in [0.2, 0.25) is 0 Å². The summed E-state index contributed by atoms with van der Waals surface area (Å²) in [5, 5.41) is 11.8. The third-order valence-electron chi connectivity index (χ3n) is 1.71. The predicted octanol–water partition coefficient (Wildman–Crippen LogP) is 1.56. The van der Waals surface area contributed by atoms with Gasteiger partial charge in [0.05, 0.1) is 5.75 Å². The van der Waals surface area contributed by atoms with Crippen molar-refractivity contribution >= 4 is 23.5 Å². The first-order valence-electron chi connectivity index (χ1n) is 4.69. The van der Waals surface area contributed by atoms with Crippen molar-refractivity contribution in [2.24, 2.45) is 0 Å². The molecule has 0 aliphatic heterocycles. The van der Waals surface area contributed by atoms with Crippen LogP contribution in [0.25, 0.3) is 0 Å². The number of rotatable bonds is 6. The molecular formula is C11H12N2O2S. The van der Waals surface area contributed by atoms with Crippen LogP contribution in [0.5, 0.6) is 0 Å². The highest BCUT2D eigenvalue weighted by Gasteiger charge is 2.04. The van der Waals surface area contributed by atoms with E-state index < -0.39 is 5.97 Å². The van der Waals surface area contributed by atoms with Gasteiger partial charge in [0.15, 0.2) is 5.69 Å². The van der Waals surface area contributed by atoms with Crippen molar-refractivity contribution in [3.8, 4) is 12.3 Å². The molecule has 0 unspecified atom stereocenters. The number of carboxylic acid groups (broad SMARTS) is 1. The zero-order valence-corrected chi connectivity index (χ0v) is 9.46. The van der Waals surface area contributed by atoms with E-state index >= 15 is 0 Å². The molecule has 1 aromatic heterocycles. The maximum absolute atomic E-state index is 10.7. The van der Waals surface area contributed by atoms with Gasteiger partial charge in [-0.2, -0.15) is 0 Å². The van der Waals surface area contributed by atoms with Gasteiger partial charge in [0, 0.05) is 12.3 Å². The molecule has 0 saturated carbocycles. The number of aromatic nitrogens is 1. The second-order valence-electron chi connectivity index (χ2n) is 2.90. The fourth-order valence-corrected chi connectivity index (χ4v) is 1.54. The first-order valence-corrected chi connectivity index (χ1v) is 5.85. The Morgan fingerprint density at radius 2 is 2.44 bits per heavy atom. The normalized spacial score (nSPS) is 9.44. The van der Waals surface area contributed by atoms with Crippen LogP contribution in [-0.2, 0) is 0 Å². The predicted molar refractivity (Wildman–Crippen MR) is 65.8 cm³/mol. The SMILES string of the molecule is C#CCSCCNc1cccc(C(=O)O)n1. The Morgan fingerprint density at radius 1 is 1.62 bits per heavy atom. The first kappa shape index (κ1) is 12.4. The molecule has 5 heteroatoms. The number of hydrogen-bond donors (Lipinski definition) is 2. The number of carboxylic acids is 1. The molecule has 1 rings (SSSR count). The third-order valence-corrected chi connectivity index (χ3v) is 2.57. The number of aromatic carboxylic acids is 1. The Bertz CT molecular complexity index is 401. The lowest BCUT2D eigenvalue weighted by molar-refractivity contribution is 0.0690. The van der Waals surface area contributed by atoms with E-state index in [0.717, 1.165) is 5.75 Å². The summed E-state index contributed by atoms with van der Waals surface area (Å²) in [6, 6.07) is 4.85. The van der Waals surface area contributed by atoms with Gasteiger partial charge in [-0.15, -0.1) is 18.2 Å². The minimum atomic E-state index is -1.02. The van der Waals surface area contributed by atoms with E-state index in [4.69, 9.17) is 11.5 Å². The summed E-state index contributed by atoms with van der Waals surface area (Å²) in [6.45, 7) is 0.711. The molecule has 0 atom stereocenters. The van der Waals surface area contributed by atoms with Crippen molar-refractivity contribution in [1.29, 1.82) is 0 Å². The van der Waals surface area contributed by atoms with Crippen LogP contribution in [0.1, 0.15) is 10.5 Å². The summed E-state index contributed by atoms with van der Waals surface area (Å²) in [7, 11) is 0. The van der Waals surface area contributed by atoms with Gasteiger partial charge in [0.25, 0.3) is 0 Å². The van der Waals surface area contributed by atoms with Crippen LogP contribution >= 0.6 is 11.8 Å². The molecule has 0 amide bonds. The summed E-state index contributed by atoms with van der Waals surface area (Å²) < 4.78 is 0. The average molecular weight is 236 g/mol. The van der Waals surface area contributed by atoms with Crippen LogP contribution in [0.15, 0.2) is 18.2 Å². The van der Waals surface area contributed by atoms with Gasteiger partial charge in [-0.25, -0.2) is 9.78 Å². The largest absolute Gasteiger partial charge is 0.477 e. The Kier molecular flexibility index (Phi) is 5.23. The van der Waals surface area contributed by atoms with E-state index in [-0.39, 0.29) is 5.69 Å². The number of terminal acetylenes is 1. The van der Waals surface area contributed by atoms with E-state index in [1.807, 2.05) is 0 Å². The van der Waals surface area contributed by atoms with Gasteiger partial charge in [-0.3, -0.25) is 0 Å². The lowest BCUT2D eigenvalue weighted by Gasteiger charge is -2.04. The summed E-state index contributed by atoms with van der Waals surface area (Å²) in [5.74, 6) is 3.63. The molecule has 1 aromatic rings. The number of carbonyl (C=O) groups is 1. The zero-order chi connectivity index (χ0) is 11.8. The van der Waals surface area contributed by atoms with Crippen molar-refractivity contribution in [1.82, 2.24) is 4.98 Å². The number of nitrogens with one attached hydrogen (secondary N) is 1. The summed E-state index contributed by atoms with van der Waals surface area (Å²) in [5.41, 5.74) is 0.0428. The molecule has 0 aliphatic rings. The zero-order valence-electron chi connectivity index (χ0n) is 8.64. The number of nitrogens with zero attached hydrogens (tertiary/aromatic N) is 1. The highest BCUT2D eigenvalue weighted by molar-refractivity contribution is 7.99. The summed E-state index contributed by atoms with van der Waals surface area (Å²) in [6.07, 6.45) is 5.11. The molecule has 0 bridgehead atoms. The number of thioether (sulfide) groups is 1. The summed E-state index contributed by atoms with van der Waals surface area (Å²) in [4.78, 5) is 14.6.